The van der Waals surface area contributed by atoms with Crippen LogP contribution < -0.4 is 0 Å². The van der Waals surface area contributed by atoms with Gasteiger partial charge in [-0.1, -0.05) is 13.8 Å². The Morgan fingerprint density at radius 2 is 2.00 bits per heavy atom. The predicted octanol–water partition coefficient (Wildman–Crippen LogP) is 1.90. The molecule has 56 valence electrons. The van der Waals surface area contributed by atoms with Crippen molar-refractivity contribution >= 4 is 11.8 Å². The van der Waals surface area contributed by atoms with Crippen LogP contribution in [0.4, 0.5) is 0 Å². The number of rotatable bonds is 4. The first-order valence-corrected chi connectivity index (χ1v) is 4.58. The van der Waals surface area contributed by atoms with Crippen LogP contribution in [0.25, 0.3) is 0 Å². The Kier molecular flexibility index (Phi) is 4.32. The van der Waals surface area contributed by atoms with Gasteiger partial charge in [0.05, 0.1) is 5.60 Å². The van der Waals surface area contributed by atoms with E-state index in [0.717, 1.165) is 17.9 Å². The van der Waals surface area contributed by atoms with Crippen molar-refractivity contribution in [2.45, 2.75) is 32.8 Å². The van der Waals surface area contributed by atoms with E-state index in [1.807, 2.05) is 13.8 Å². The monoisotopic (exact) mass is 148 g/mol. The highest BCUT2D eigenvalue weighted by molar-refractivity contribution is 7.99. The molecule has 0 rings (SSSR count). The summed E-state index contributed by atoms with van der Waals surface area (Å²) in [5.41, 5.74) is -0.444. The van der Waals surface area contributed by atoms with Gasteiger partial charge in [0, 0.05) is 5.75 Å². The molecule has 1 unspecified atom stereocenters. The molecule has 1 nitrogen and oxygen atoms in total. The molecule has 0 aliphatic rings. The maximum atomic E-state index is 9.43. The second-order valence-corrected chi connectivity index (χ2v) is 3.76. The van der Waals surface area contributed by atoms with E-state index in [1.54, 1.807) is 11.8 Å². The van der Waals surface area contributed by atoms with Gasteiger partial charge in [-0.3, -0.25) is 0 Å². The highest BCUT2D eigenvalue weighted by atomic mass is 32.2. The fourth-order valence-corrected chi connectivity index (χ4v) is 1.27. The van der Waals surface area contributed by atoms with Crippen molar-refractivity contribution in [1.29, 1.82) is 0 Å². The van der Waals surface area contributed by atoms with E-state index in [0.29, 0.717) is 0 Å². The lowest BCUT2D eigenvalue weighted by Crippen LogP contribution is -2.25. The number of hydrogen-bond acceptors (Lipinski definition) is 2. The lowest BCUT2D eigenvalue weighted by atomic mass is 10.1. The molecule has 0 aromatic heterocycles. The van der Waals surface area contributed by atoms with Crippen molar-refractivity contribution < 1.29 is 5.11 Å². The molecular formula is C7H16OS. The van der Waals surface area contributed by atoms with Crippen molar-refractivity contribution in [2.75, 3.05) is 11.5 Å². The molecule has 1 atom stereocenters. The molecule has 0 aromatic carbocycles. The minimum Gasteiger partial charge on any atom is -0.389 e. The Morgan fingerprint density at radius 1 is 1.44 bits per heavy atom. The van der Waals surface area contributed by atoms with Gasteiger partial charge in [-0.05, 0) is 19.1 Å². The molecular weight excluding hydrogens is 132 g/mol. The Hall–Kier alpha value is 0.310. The maximum absolute atomic E-state index is 9.43. The maximum Gasteiger partial charge on any atom is 0.0707 e. The standard InChI is InChI=1S/C7H16OS/c1-4-7(3,8)6-9-5-2/h8H,4-6H2,1-3H3. The van der Waals surface area contributed by atoms with Gasteiger partial charge in [0.1, 0.15) is 0 Å². The summed E-state index contributed by atoms with van der Waals surface area (Å²) in [6.45, 7) is 6.00. The first-order valence-electron chi connectivity index (χ1n) is 3.42. The Morgan fingerprint density at radius 3 is 2.33 bits per heavy atom. The van der Waals surface area contributed by atoms with Gasteiger partial charge in [-0.25, -0.2) is 0 Å². The fourth-order valence-electron chi connectivity index (χ4n) is 0.424. The topological polar surface area (TPSA) is 20.2 Å². The summed E-state index contributed by atoms with van der Waals surface area (Å²) in [5.74, 6) is 1.95. The first kappa shape index (κ1) is 9.31. The highest BCUT2D eigenvalue weighted by Gasteiger charge is 2.15. The molecule has 0 saturated heterocycles. The normalized spacial score (nSPS) is 17.3. The number of thioether (sulfide) groups is 1. The first-order chi connectivity index (χ1) is 4.12. The highest BCUT2D eigenvalue weighted by Crippen LogP contribution is 2.15. The van der Waals surface area contributed by atoms with Gasteiger partial charge in [-0.15, -0.1) is 0 Å². The molecule has 0 fully saturated rings. The van der Waals surface area contributed by atoms with Crippen molar-refractivity contribution in [3.8, 4) is 0 Å². The minimum absolute atomic E-state index is 0.444. The van der Waals surface area contributed by atoms with Crippen molar-refractivity contribution in [3.63, 3.8) is 0 Å². The third kappa shape index (κ3) is 4.79. The van der Waals surface area contributed by atoms with Gasteiger partial charge < -0.3 is 5.11 Å². The zero-order valence-electron chi connectivity index (χ0n) is 6.48. The summed E-state index contributed by atoms with van der Waals surface area (Å²) < 4.78 is 0. The predicted molar refractivity (Wildman–Crippen MR) is 43.9 cm³/mol. The molecule has 0 radical (unpaired) electrons. The van der Waals surface area contributed by atoms with Gasteiger partial charge in [0.2, 0.25) is 0 Å². The van der Waals surface area contributed by atoms with Crippen molar-refractivity contribution in [3.05, 3.63) is 0 Å². The van der Waals surface area contributed by atoms with Gasteiger partial charge >= 0.3 is 0 Å². The third-order valence-corrected chi connectivity index (χ3v) is 2.61. The Labute approximate surface area is 61.8 Å². The zero-order chi connectivity index (χ0) is 7.33. The summed E-state index contributed by atoms with van der Waals surface area (Å²) in [6.07, 6.45) is 0.847. The molecule has 0 amide bonds. The van der Waals surface area contributed by atoms with Crippen molar-refractivity contribution in [1.82, 2.24) is 0 Å². The van der Waals surface area contributed by atoms with Crippen LogP contribution in [0.15, 0.2) is 0 Å². The molecule has 9 heavy (non-hydrogen) atoms. The molecule has 0 heterocycles. The molecule has 0 spiro atoms. The summed E-state index contributed by atoms with van der Waals surface area (Å²) in [7, 11) is 0. The van der Waals surface area contributed by atoms with E-state index in [2.05, 4.69) is 6.92 Å². The molecule has 1 N–H and O–H groups in total. The smallest absolute Gasteiger partial charge is 0.0707 e. The SMILES string of the molecule is CCSCC(C)(O)CC. The van der Waals surface area contributed by atoms with E-state index >= 15 is 0 Å². The zero-order valence-corrected chi connectivity index (χ0v) is 7.29. The molecule has 0 aliphatic heterocycles. The summed E-state index contributed by atoms with van der Waals surface area (Å²) in [5, 5.41) is 9.43. The molecule has 0 aromatic rings. The third-order valence-electron chi connectivity index (χ3n) is 1.38. The summed E-state index contributed by atoms with van der Waals surface area (Å²) in [4.78, 5) is 0. The quantitative estimate of drug-likeness (QED) is 0.657. The van der Waals surface area contributed by atoms with Crippen LogP contribution in [0.2, 0.25) is 0 Å². The fraction of sp³-hybridized carbons (Fsp3) is 1.00. The van der Waals surface area contributed by atoms with E-state index in [4.69, 9.17) is 0 Å². The van der Waals surface area contributed by atoms with Gasteiger partial charge in [0.15, 0.2) is 0 Å². The van der Waals surface area contributed by atoms with E-state index < -0.39 is 5.60 Å². The number of hydrogen-bond donors (Lipinski definition) is 1. The van der Waals surface area contributed by atoms with Gasteiger partial charge in [0.25, 0.3) is 0 Å². The molecule has 0 bridgehead atoms. The summed E-state index contributed by atoms with van der Waals surface area (Å²) in [6, 6.07) is 0. The van der Waals surface area contributed by atoms with E-state index in [-0.39, 0.29) is 0 Å². The molecule has 0 aliphatic carbocycles. The van der Waals surface area contributed by atoms with Crippen LogP contribution >= 0.6 is 11.8 Å². The van der Waals surface area contributed by atoms with Crippen LogP contribution in [-0.4, -0.2) is 22.2 Å². The van der Waals surface area contributed by atoms with Crippen molar-refractivity contribution in [2.24, 2.45) is 0 Å². The summed E-state index contributed by atoms with van der Waals surface area (Å²) >= 11 is 1.79. The van der Waals surface area contributed by atoms with Crippen LogP contribution in [-0.2, 0) is 0 Å². The van der Waals surface area contributed by atoms with Gasteiger partial charge in [-0.2, -0.15) is 11.8 Å². The Balaban J connectivity index is 3.33. The Bertz CT molecular complexity index is 71.3. The van der Waals surface area contributed by atoms with Crippen LogP contribution in [0.5, 0.6) is 0 Å². The average Bonchev–Trinajstić information content (AvgIpc) is 1.84. The average molecular weight is 148 g/mol. The molecule has 2 heteroatoms. The number of aliphatic hydroxyl groups is 1. The van der Waals surface area contributed by atoms with E-state index in [1.165, 1.54) is 0 Å². The van der Waals surface area contributed by atoms with Crippen LogP contribution in [0.3, 0.4) is 0 Å². The molecule has 0 saturated carbocycles. The minimum atomic E-state index is -0.444. The lowest BCUT2D eigenvalue weighted by molar-refractivity contribution is 0.0816. The largest absolute Gasteiger partial charge is 0.389 e. The van der Waals surface area contributed by atoms with Crippen LogP contribution in [0.1, 0.15) is 27.2 Å². The lowest BCUT2D eigenvalue weighted by Gasteiger charge is -2.19. The second kappa shape index (κ2) is 4.18. The second-order valence-electron chi connectivity index (χ2n) is 2.49. The van der Waals surface area contributed by atoms with Crippen LogP contribution in [0, 0.1) is 0 Å². The van der Waals surface area contributed by atoms with E-state index in [9.17, 15) is 5.11 Å².